The lowest BCUT2D eigenvalue weighted by molar-refractivity contribution is 0.214. The summed E-state index contributed by atoms with van der Waals surface area (Å²) in [7, 11) is 0. The van der Waals surface area contributed by atoms with Gasteiger partial charge in [0.1, 0.15) is 5.75 Å². The number of fused-ring (bicyclic) bond motifs is 1. The molecule has 3 rings (SSSR count). The highest BCUT2D eigenvalue weighted by molar-refractivity contribution is 5.39. The van der Waals surface area contributed by atoms with Crippen LogP contribution in [0.3, 0.4) is 0 Å². The van der Waals surface area contributed by atoms with Crippen molar-refractivity contribution in [2.45, 2.75) is 38.8 Å². The maximum absolute atomic E-state index is 10.1. The molecule has 0 radical (unpaired) electrons. The van der Waals surface area contributed by atoms with Gasteiger partial charge in [-0.25, -0.2) is 0 Å². The van der Waals surface area contributed by atoms with E-state index in [9.17, 15) is 5.11 Å². The van der Waals surface area contributed by atoms with Crippen LogP contribution in [0, 0.1) is 6.92 Å². The first kappa shape index (κ1) is 12.9. The molecule has 0 saturated carbocycles. The second-order valence-corrected chi connectivity index (χ2v) is 6.00. The topological polar surface area (TPSA) is 26.7 Å². The van der Waals surface area contributed by atoms with Gasteiger partial charge >= 0.3 is 0 Å². The molecule has 104 valence electrons. The summed E-state index contributed by atoms with van der Waals surface area (Å²) >= 11 is 0. The van der Waals surface area contributed by atoms with E-state index in [2.05, 4.69) is 15.9 Å². The second kappa shape index (κ2) is 5.51. The molecular weight excluding hydrogens is 236 g/mol. The quantitative estimate of drug-likeness (QED) is 0.884. The van der Waals surface area contributed by atoms with E-state index in [-0.39, 0.29) is 0 Å². The summed E-state index contributed by atoms with van der Waals surface area (Å²) in [4.78, 5) is 5.17. The fourth-order valence-electron chi connectivity index (χ4n) is 3.51. The minimum Gasteiger partial charge on any atom is -0.507 e. The van der Waals surface area contributed by atoms with Crippen molar-refractivity contribution in [3.8, 4) is 5.75 Å². The van der Waals surface area contributed by atoms with Gasteiger partial charge in [0.2, 0.25) is 0 Å². The van der Waals surface area contributed by atoms with Crippen LogP contribution in [-0.4, -0.2) is 47.1 Å². The maximum atomic E-state index is 10.1. The Hall–Kier alpha value is -1.06. The molecule has 0 bridgehead atoms. The van der Waals surface area contributed by atoms with E-state index in [1.165, 1.54) is 32.4 Å². The first-order valence-corrected chi connectivity index (χ1v) is 7.48. The summed E-state index contributed by atoms with van der Waals surface area (Å²) in [5.41, 5.74) is 2.06. The number of hydrogen-bond acceptors (Lipinski definition) is 3. The average molecular weight is 260 g/mol. The van der Waals surface area contributed by atoms with Crippen LogP contribution in [0.2, 0.25) is 0 Å². The van der Waals surface area contributed by atoms with Crippen LogP contribution in [0.15, 0.2) is 18.2 Å². The zero-order valence-electron chi connectivity index (χ0n) is 11.8. The van der Waals surface area contributed by atoms with Gasteiger partial charge in [-0.3, -0.25) is 9.80 Å². The van der Waals surface area contributed by atoms with Crippen LogP contribution in [-0.2, 0) is 6.54 Å². The van der Waals surface area contributed by atoms with Crippen LogP contribution in [0.5, 0.6) is 5.75 Å². The SMILES string of the molecule is Cc1cccc(CN2CCCN3CCCC3C2)c1O. The summed E-state index contributed by atoms with van der Waals surface area (Å²) in [6, 6.07) is 6.82. The lowest BCUT2D eigenvalue weighted by Gasteiger charge is -2.26. The van der Waals surface area contributed by atoms with E-state index < -0.39 is 0 Å². The van der Waals surface area contributed by atoms with Crippen molar-refractivity contribution >= 4 is 0 Å². The molecule has 1 N–H and O–H groups in total. The van der Waals surface area contributed by atoms with Gasteiger partial charge in [-0.15, -0.1) is 0 Å². The number of phenols is 1. The van der Waals surface area contributed by atoms with E-state index in [0.29, 0.717) is 5.75 Å². The monoisotopic (exact) mass is 260 g/mol. The lowest BCUT2D eigenvalue weighted by atomic mass is 10.1. The van der Waals surface area contributed by atoms with Crippen molar-refractivity contribution in [3.05, 3.63) is 29.3 Å². The van der Waals surface area contributed by atoms with Gasteiger partial charge in [0.05, 0.1) is 0 Å². The van der Waals surface area contributed by atoms with E-state index in [0.717, 1.165) is 36.8 Å². The first-order valence-electron chi connectivity index (χ1n) is 7.48. The molecule has 2 fully saturated rings. The molecule has 0 amide bonds. The Morgan fingerprint density at radius 1 is 1.21 bits per heavy atom. The number of hydrogen-bond donors (Lipinski definition) is 1. The summed E-state index contributed by atoms with van der Waals surface area (Å²) in [6.07, 6.45) is 3.95. The molecule has 0 aromatic heterocycles. The largest absolute Gasteiger partial charge is 0.507 e. The molecule has 1 unspecified atom stereocenters. The Morgan fingerprint density at radius 3 is 2.95 bits per heavy atom. The van der Waals surface area contributed by atoms with Gasteiger partial charge in [0.25, 0.3) is 0 Å². The molecule has 1 atom stereocenters. The predicted octanol–water partition coefficient (Wildman–Crippen LogP) is 2.37. The lowest BCUT2D eigenvalue weighted by Crippen LogP contribution is -2.36. The molecule has 19 heavy (non-hydrogen) atoms. The van der Waals surface area contributed by atoms with Crippen LogP contribution >= 0.6 is 0 Å². The Morgan fingerprint density at radius 2 is 2.05 bits per heavy atom. The number of phenolic OH excluding ortho intramolecular Hbond substituents is 1. The summed E-state index contributed by atoms with van der Waals surface area (Å²) in [5.74, 6) is 0.482. The fraction of sp³-hybridized carbons (Fsp3) is 0.625. The van der Waals surface area contributed by atoms with Crippen molar-refractivity contribution in [3.63, 3.8) is 0 Å². The van der Waals surface area contributed by atoms with Crippen molar-refractivity contribution in [1.82, 2.24) is 9.80 Å². The molecule has 2 aliphatic rings. The van der Waals surface area contributed by atoms with Crippen LogP contribution in [0.25, 0.3) is 0 Å². The summed E-state index contributed by atoms with van der Waals surface area (Å²) in [6.45, 7) is 7.71. The third-order valence-corrected chi connectivity index (χ3v) is 4.60. The van der Waals surface area contributed by atoms with Gasteiger partial charge < -0.3 is 5.11 Å². The van der Waals surface area contributed by atoms with Crippen molar-refractivity contribution < 1.29 is 5.11 Å². The smallest absolute Gasteiger partial charge is 0.122 e. The molecule has 3 heteroatoms. The standard InChI is InChI=1S/C16H24N2O/c1-13-5-2-6-14(16(13)19)11-17-8-4-10-18-9-3-7-15(18)12-17/h2,5-6,15,19H,3-4,7-12H2,1H3. The molecule has 3 nitrogen and oxygen atoms in total. The second-order valence-electron chi connectivity index (χ2n) is 6.00. The van der Waals surface area contributed by atoms with Crippen molar-refractivity contribution in [2.24, 2.45) is 0 Å². The Kier molecular flexibility index (Phi) is 3.76. The van der Waals surface area contributed by atoms with E-state index in [1.807, 2.05) is 19.1 Å². The van der Waals surface area contributed by atoms with Crippen molar-refractivity contribution in [1.29, 1.82) is 0 Å². The number of para-hydroxylation sites is 1. The van der Waals surface area contributed by atoms with Gasteiger partial charge in [-0.05, 0) is 51.4 Å². The molecule has 0 spiro atoms. The molecular formula is C16H24N2O. The normalized spacial score (nSPS) is 25.2. The molecule has 2 saturated heterocycles. The molecule has 1 aromatic rings. The third-order valence-electron chi connectivity index (χ3n) is 4.60. The van der Waals surface area contributed by atoms with Crippen molar-refractivity contribution in [2.75, 3.05) is 26.2 Å². The minimum atomic E-state index is 0.482. The maximum Gasteiger partial charge on any atom is 0.122 e. The zero-order chi connectivity index (χ0) is 13.2. The van der Waals surface area contributed by atoms with Crippen LogP contribution in [0.1, 0.15) is 30.4 Å². The van der Waals surface area contributed by atoms with Gasteiger partial charge in [-0.1, -0.05) is 18.2 Å². The number of benzene rings is 1. The molecule has 2 heterocycles. The molecule has 2 aliphatic heterocycles. The van der Waals surface area contributed by atoms with Crippen LogP contribution in [0.4, 0.5) is 0 Å². The highest BCUT2D eigenvalue weighted by Gasteiger charge is 2.28. The van der Waals surface area contributed by atoms with Crippen LogP contribution < -0.4 is 0 Å². The Bertz CT molecular complexity index is 446. The van der Waals surface area contributed by atoms with E-state index in [1.54, 1.807) is 0 Å². The van der Waals surface area contributed by atoms with Gasteiger partial charge in [0, 0.05) is 24.7 Å². The number of aryl methyl sites for hydroxylation is 1. The Labute approximate surface area is 115 Å². The first-order chi connectivity index (χ1) is 9.24. The number of rotatable bonds is 2. The number of nitrogens with zero attached hydrogens (tertiary/aromatic N) is 2. The van der Waals surface area contributed by atoms with E-state index in [4.69, 9.17) is 0 Å². The average Bonchev–Trinajstić information content (AvgIpc) is 2.74. The minimum absolute atomic E-state index is 0.482. The summed E-state index contributed by atoms with van der Waals surface area (Å²) < 4.78 is 0. The zero-order valence-corrected chi connectivity index (χ0v) is 11.8. The highest BCUT2D eigenvalue weighted by atomic mass is 16.3. The van der Waals surface area contributed by atoms with E-state index >= 15 is 0 Å². The molecule has 1 aromatic carbocycles. The Balaban J connectivity index is 1.70. The van der Waals surface area contributed by atoms with Gasteiger partial charge in [-0.2, -0.15) is 0 Å². The predicted molar refractivity (Wildman–Crippen MR) is 77.3 cm³/mol. The fourth-order valence-corrected chi connectivity index (χ4v) is 3.51. The third kappa shape index (κ3) is 2.77. The summed E-state index contributed by atoms with van der Waals surface area (Å²) in [5, 5.41) is 10.1. The highest BCUT2D eigenvalue weighted by Crippen LogP contribution is 2.26. The van der Waals surface area contributed by atoms with Gasteiger partial charge in [0.15, 0.2) is 0 Å². The number of aromatic hydroxyl groups is 1. The molecule has 0 aliphatic carbocycles.